The van der Waals surface area contributed by atoms with Crippen molar-refractivity contribution >= 4 is 0 Å². The highest BCUT2D eigenvalue weighted by molar-refractivity contribution is 4.86. The van der Waals surface area contributed by atoms with Crippen LogP contribution >= 0.6 is 0 Å². The van der Waals surface area contributed by atoms with Gasteiger partial charge in [-0.1, -0.05) is 0 Å². The van der Waals surface area contributed by atoms with Crippen LogP contribution in [0.25, 0.3) is 0 Å². The summed E-state index contributed by atoms with van der Waals surface area (Å²) >= 11 is 0. The highest BCUT2D eigenvalue weighted by Crippen LogP contribution is 2.22. The third-order valence-corrected chi connectivity index (χ3v) is 3.75. The molecule has 3 aliphatic rings. The van der Waals surface area contributed by atoms with Gasteiger partial charge in [-0.3, -0.25) is 9.80 Å². The van der Waals surface area contributed by atoms with Crippen molar-refractivity contribution in [1.29, 1.82) is 0 Å². The first kappa shape index (κ1) is 9.13. The summed E-state index contributed by atoms with van der Waals surface area (Å²) in [4.78, 5) is 5.31. The lowest BCUT2D eigenvalue weighted by Crippen LogP contribution is -2.38. The molecule has 0 aliphatic carbocycles. The molecule has 3 heterocycles. The Morgan fingerprint density at radius 3 is 2.86 bits per heavy atom. The summed E-state index contributed by atoms with van der Waals surface area (Å²) in [5.74, 6) is 0. The van der Waals surface area contributed by atoms with Gasteiger partial charge in [-0.05, 0) is 38.9 Å². The minimum Gasteiger partial charge on any atom is -0.372 e. The minimum atomic E-state index is 0.572. The Morgan fingerprint density at radius 1 is 1.14 bits per heavy atom. The van der Waals surface area contributed by atoms with Crippen LogP contribution in [0.1, 0.15) is 19.3 Å². The predicted molar refractivity (Wildman–Crippen MR) is 55.4 cm³/mol. The summed E-state index contributed by atoms with van der Waals surface area (Å²) in [5.41, 5.74) is 0. The van der Waals surface area contributed by atoms with Gasteiger partial charge in [0.25, 0.3) is 0 Å². The number of hydrogen-bond acceptors (Lipinski definition) is 3. The molecule has 0 aromatic rings. The summed E-state index contributed by atoms with van der Waals surface area (Å²) in [6, 6.07) is 0.858. The molecular formula is C11H20N2O. The number of fused-ring (bicyclic) bond motifs is 1. The lowest BCUT2D eigenvalue weighted by atomic mass is 10.2. The van der Waals surface area contributed by atoms with Gasteiger partial charge in [-0.25, -0.2) is 0 Å². The normalized spacial score (nSPS) is 39.4. The molecule has 0 bridgehead atoms. The number of epoxide rings is 1. The second kappa shape index (κ2) is 3.80. The van der Waals surface area contributed by atoms with Crippen molar-refractivity contribution in [2.45, 2.75) is 31.4 Å². The molecule has 0 aromatic carbocycles. The third-order valence-electron chi connectivity index (χ3n) is 3.75. The van der Waals surface area contributed by atoms with Crippen LogP contribution in [0.4, 0.5) is 0 Å². The summed E-state index contributed by atoms with van der Waals surface area (Å²) in [5, 5.41) is 0. The van der Waals surface area contributed by atoms with Gasteiger partial charge in [0.1, 0.15) is 0 Å². The standard InChI is InChI=1S/C11H20N2O/c1-3-10-7-12(8-11-9-14-11)4-2-6-13(10)5-1/h10-11H,1-9H2/t10?,11-/m0/s1. The average molecular weight is 196 g/mol. The fraction of sp³-hybridized carbons (Fsp3) is 1.00. The van der Waals surface area contributed by atoms with Crippen molar-refractivity contribution in [3.05, 3.63) is 0 Å². The van der Waals surface area contributed by atoms with Crippen molar-refractivity contribution in [2.75, 3.05) is 39.3 Å². The monoisotopic (exact) mass is 196 g/mol. The molecule has 3 nitrogen and oxygen atoms in total. The third kappa shape index (κ3) is 1.95. The smallest absolute Gasteiger partial charge is 0.0936 e. The summed E-state index contributed by atoms with van der Waals surface area (Å²) in [7, 11) is 0. The number of hydrogen-bond donors (Lipinski definition) is 0. The average Bonchev–Trinajstić information content (AvgIpc) is 2.92. The molecule has 0 radical (unpaired) electrons. The Balaban J connectivity index is 1.58. The number of ether oxygens (including phenoxy) is 1. The first-order valence-corrected chi connectivity index (χ1v) is 6.00. The molecule has 0 aromatic heterocycles. The lowest BCUT2D eigenvalue weighted by Gasteiger charge is -2.24. The quantitative estimate of drug-likeness (QED) is 0.601. The van der Waals surface area contributed by atoms with Gasteiger partial charge in [-0.15, -0.1) is 0 Å². The van der Waals surface area contributed by atoms with Gasteiger partial charge in [-0.2, -0.15) is 0 Å². The summed E-state index contributed by atoms with van der Waals surface area (Å²) in [6.45, 7) is 7.44. The van der Waals surface area contributed by atoms with Crippen molar-refractivity contribution in [3.63, 3.8) is 0 Å². The fourth-order valence-electron chi connectivity index (χ4n) is 2.91. The molecule has 3 rings (SSSR count). The molecule has 0 amide bonds. The fourth-order valence-corrected chi connectivity index (χ4v) is 2.91. The minimum absolute atomic E-state index is 0.572. The van der Waals surface area contributed by atoms with Crippen LogP contribution < -0.4 is 0 Å². The molecule has 14 heavy (non-hydrogen) atoms. The topological polar surface area (TPSA) is 19.0 Å². The van der Waals surface area contributed by atoms with Crippen molar-refractivity contribution in [3.8, 4) is 0 Å². The van der Waals surface area contributed by atoms with E-state index in [-0.39, 0.29) is 0 Å². The van der Waals surface area contributed by atoms with Gasteiger partial charge in [0.2, 0.25) is 0 Å². The van der Waals surface area contributed by atoms with E-state index in [0.29, 0.717) is 6.10 Å². The van der Waals surface area contributed by atoms with Crippen LogP contribution in [0.2, 0.25) is 0 Å². The molecule has 0 spiro atoms. The van der Waals surface area contributed by atoms with Gasteiger partial charge in [0.05, 0.1) is 12.7 Å². The van der Waals surface area contributed by atoms with Crippen molar-refractivity contribution in [1.82, 2.24) is 9.80 Å². The highest BCUT2D eigenvalue weighted by atomic mass is 16.6. The van der Waals surface area contributed by atoms with Crippen LogP contribution in [0.3, 0.4) is 0 Å². The molecule has 3 aliphatic heterocycles. The van der Waals surface area contributed by atoms with Crippen LogP contribution in [0.5, 0.6) is 0 Å². The largest absolute Gasteiger partial charge is 0.372 e. The molecule has 0 N–H and O–H groups in total. The van der Waals surface area contributed by atoms with E-state index in [4.69, 9.17) is 4.74 Å². The maximum atomic E-state index is 5.31. The Morgan fingerprint density at radius 2 is 2.00 bits per heavy atom. The van der Waals surface area contributed by atoms with E-state index in [1.807, 2.05) is 0 Å². The van der Waals surface area contributed by atoms with Crippen LogP contribution in [0, 0.1) is 0 Å². The number of nitrogens with zero attached hydrogens (tertiary/aromatic N) is 2. The maximum absolute atomic E-state index is 5.31. The highest BCUT2D eigenvalue weighted by Gasteiger charge is 2.31. The van der Waals surface area contributed by atoms with E-state index in [2.05, 4.69) is 9.80 Å². The molecule has 1 unspecified atom stereocenters. The van der Waals surface area contributed by atoms with Crippen molar-refractivity contribution < 1.29 is 4.74 Å². The van der Waals surface area contributed by atoms with Gasteiger partial charge < -0.3 is 4.74 Å². The van der Waals surface area contributed by atoms with E-state index in [0.717, 1.165) is 12.6 Å². The van der Waals surface area contributed by atoms with Gasteiger partial charge in [0, 0.05) is 19.1 Å². The van der Waals surface area contributed by atoms with E-state index in [1.54, 1.807) is 0 Å². The van der Waals surface area contributed by atoms with Crippen LogP contribution in [-0.2, 0) is 4.74 Å². The Hall–Kier alpha value is -0.120. The molecule has 2 atom stereocenters. The Bertz CT molecular complexity index is 205. The van der Waals surface area contributed by atoms with Crippen LogP contribution in [0.15, 0.2) is 0 Å². The number of rotatable bonds is 2. The van der Waals surface area contributed by atoms with Gasteiger partial charge in [0.15, 0.2) is 0 Å². The molecular weight excluding hydrogens is 176 g/mol. The molecule has 0 saturated carbocycles. The zero-order valence-corrected chi connectivity index (χ0v) is 8.82. The molecule has 80 valence electrons. The van der Waals surface area contributed by atoms with E-state index < -0.39 is 0 Å². The predicted octanol–water partition coefficient (Wildman–Crippen LogP) is 0.555. The van der Waals surface area contributed by atoms with E-state index in [1.165, 1.54) is 52.0 Å². The molecule has 3 heteroatoms. The molecule has 3 saturated heterocycles. The van der Waals surface area contributed by atoms with Crippen molar-refractivity contribution in [2.24, 2.45) is 0 Å². The molecule has 3 fully saturated rings. The van der Waals surface area contributed by atoms with Gasteiger partial charge >= 0.3 is 0 Å². The van der Waals surface area contributed by atoms with E-state index in [9.17, 15) is 0 Å². The Kier molecular flexibility index (Phi) is 2.48. The van der Waals surface area contributed by atoms with E-state index >= 15 is 0 Å². The first-order chi connectivity index (χ1) is 6.92. The zero-order chi connectivity index (χ0) is 9.38. The first-order valence-electron chi connectivity index (χ1n) is 6.00. The zero-order valence-electron chi connectivity index (χ0n) is 8.82. The Labute approximate surface area is 86.0 Å². The maximum Gasteiger partial charge on any atom is 0.0936 e. The van der Waals surface area contributed by atoms with Crippen LogP contribution in [-0.4, -0.2) is 61.3 Å². The lowest BCUT2D eigenvalue weighted by molar-refractivity contribution is 0.207. The second-order valence-electron chi connectivity index (χ2n) is 4.90. The second-order valence-corrected chi connectivity index (χ2v) is 4.90. The summed E-state index contributed by atoms with van der Waals surface area (Å²) < 4.78 is 5.31. The summed E-state index contributed by atoms with van der Waals surface area (Å²) in [6.07, 6.45) is 4.76. The SMILES string of the molecule is C1CC2CN(C[C@H]3CO3)CCCN2C1.